The number of nitrogens with zero attached hydrogens (tertiary/aromatic N) is 2. The van der Waals surface area contributed by atoms with Gasteiger partial charge in [-0.2, -0.15) is 8.75 Å². The van der Waals surface area contributed by atoms with E-state index in [1.807, 2.05) is 18.2 Å². The normalized spacial score (nSPS) is 10.3. The Balaban J connectivity index is 2.06. The van der Waals surface area contributed by atoms with Gasteiger partial charge in [-0.25, -0.2) is 0 Å². The predicted octanol–water partition coefficient (Wildman–Crippen LogP) is 2.39. The first-order chi connectivity index (χ1) is 7.79. The van der Waals surface area contributed by atoms with Crippen LogP contribution >= 0.6 is 23.9 Å². The van der Waals surface area contributed by atoms with Crippen molar-refractivity contribution >= 4 is 45.8 Å². The number of hydrogen-bond donors (Lipinski definition) is 2. The lowest BCUT2D eigenvalue weighted by Gasteiger charge is -2.09. The van der Waals surface area contributed by atoms with Crippen molar-refractivity contribution in [2.24, 2.45) is 0 Å². The molecule has 0 aliphatic carbocycles. The molecule has 0 spiro atoms. The molecule has 84 valence electrons. The Morgan fingerprint density at radius 3 is 3.00 bits per heavy atom. The summed E-state index contributed by atoms with van der Waals surface area (Å²) in [7, 11) is 0. The van der Waals surface area contributed by atoms with Gasteiger partial charge in [-0.1, -0.05) is 6.92 Å². The molecule has 0 amide bonds. The van der Waals surface area contributed by atoms with Crippen molar-refractivity contribution in [3.63, 3.8) is 0 Å². The summed E-state index contributed by atoms with van der Waals surface area (Å²) in [5.41, 5.74) is 2.75. The van der Waals surface area contributed by atoms with Gasteiger partial charge < -0.3 is 10.6 Å². The maximum Gasteiger partial charge on any atom is 0.170 e. The van der Waals surface area contributed by atoms with Crippen LogP contribution in [0.25, 0.3) is 11.0 Å². The van der Waals surface area contributed by atoms with Crippen molar-refractivity contribution in [1.82, 2.24) is 14.1 Å². The van der Waals surface area contributed by atoms with Gasteiger partial charge in [-0.05, 0) is 36.8 Å². The van der Waals surface area contributed by atoms with Crippen molar-refractivity contribution in [3.8, 4) is 0 Å². The van der Waals surface area contributed by atoms with E-state index in [4.69, 9.17) is 12.2 Å². The summed E-state index contributed by atoms with van der Waals surface area (Å²) in [6, 6.07) is 5.83. The van der Waals surface area contributed by atoms with Crippen molar-refractivity contribution in [3.05, 3.63) is 18.2 Å². The molecule has 6 heteroatoms. The molecule has 4 nitrogen and oxygen atoms in total. The Labute approximate surface area is 103 Å². The summed E-state index contributed by atoms with van der Waals surface area (Å²) in [5, 5.41) is 6.87. The van der Waals surface area contributed by atoms with Gasteiger partial charge in [0.2, 0.25) is 0 Å². The number of benzene rings is 1. The second-order valence-electron chi connectivity index (χ2n) is 3.35. The third kappa shape index (κ3) is 2.65. The number of fused-ring (bicyclic) bond motifs is 1. The topological polar surface area (TPSA) is 49.8 Å². The summed E-state index contributed by atoms with van der Waals surface area (Å²) >= 11 is 6.37. The van der Waals surface area contributed by atoms with Crippen LogP contribution in [-0.2, 0) is 0 Å². The standard InChI is InChI=1S/C10H12N4S2/c1-2-5-11-10(15)12-7-3-4-8-9(6-7)14-16-13-8/h3-4,6H,2,5H2,1H3,(H2,11,12,15). The van der Waals surface area contributed by atoms with Crippen LogP contribution in [0.5, 0.6) is 0 Å². The largest absolute Gasteiger partial charge is 0.362 e. The third-order valence-electron chi connectivity index (χ3n) is 2.05. The van der Waals surface area contributed by atoms with E-state index in [1.165, 1.54) is 11.7 Å². The van der Waals surface area contributed by atoms with Crippen LogP contribution < -0.4 is 10.6 Å². The summed E-state index contributed by atoms with van der Waals surface area (Å²) in [6.07, 6.45) is 1.05. The van der Waals surface area contributed by atoms with Crippen molar-refractivity contribution in [2.45, 2.75) is 13.3 Å². The van der Waals surface area contributed by atoms with Crippen molar-refractivity contribution in [2.75, 3.05) is 11.9 Å². The molecule has 0 atom stereocenters. The molecule has 0 saturated heterocycles. The van der Waals surface area contributed by atoms with Crippen LogP contribution in [0.2, 0.25) is 0 Å². The first-order valence-corrected chi connectivity index (χ1v) is 6.20. The van der Waals surface area contributed by atoms with E-state index in [0.29, 0.717) is 5.11 Å². The number of hydrogen-bond acceptors (Lipinski definition) is 4. The fourth-order valence-corrected chi connectivity index (χ4v) is 2.01. The van der Waals surface area contributed by atoms with Crippen LogP contribution in [0.15, 0.2) is 18.2 Å². The van der Waals surface area contributed by atoms with Gasteiger partial charge in [0.05, 0.1) is 11.7 Å². The van der Waals surface area contributed by atoms with E-state index < -0.39 is 0 Å². The lowest BCUT2D eigenvalue weighted by Crippen LogP contribution is -2.28. The van der Waals surface area contributed by atoms with E-state index in [1.54, 1.807) is 0 Å². The van der Waals surface area contributed by atoms with Crippen LogP contribution in [0.1, 0.15) is 13.3 Å². The summed E-state index contributed by atoms with van der Waals surface area (Å²) in [6.45, 7) is 2.98. The smallest absolute Gasteiger partial charge is 0.170 e. The second kappa shape index (κ2) is 5.18. The van der Waals surface area contributed by atoms with Crippen molar-refractivity contribution < 1.29 is 0 Å². The van der Waals surface area contributed by atoms with Gasteiger partial charge in [-0.3, -0.25) is 0 Å². The van der Waals surface area contributed by atoms with Crippen LogP contribution in [0.3, 0.4) is 0 Å². The van der Waals surface area contributed by atoms with E-state index in [9.17, 15) is 0 Å². The first-order valence-electron chi connectivity index (χ1n) is 5.07. The van der Waals surface area contributed by atoms with E-state index in [2.05, 4.69) is 26.3 Å². The molecule has 2 rings (SSSR count). The molecule has 0 saturated carbocycles. The maximum absolute atomic E-state index is 5.15. The molecule has 2 aromatic rings. The molecule has 0 unspecified atom stereocenters. The quantitative estimate of drug-likeness (QED) is 0.821. The minimum atomic E-state index is 0.643. The fourth-order valence-electron chi connectivity index (χ4n) is 1.27. The van der Waals surface area contributed by atoms with Crippen LogP contribution in [-0.4, -0.2) is 20.4 Å². The van der Waals surface area contributed by atoms with E-state index >= 15 is 0 Å². The zero-order valence-electron chi connectivity index (χ0n) is 8.86. The number of thiocarbonyl (C=S) groups is 1. The van der Waals surface area contributed by atoms with Crippen LogP contribution in [0, 0.1) is 0 Å². The predicted molar refractivity (Wildman–Crippen MR) is 71.9 cm³/mol. The summed E-state index contributed by atoms with van der Waals surface area (Å²) < 4.78 is 8.32. The number of anilines is 1. The van der Waals surface area contributed by atoms with Gasteiger partial charge in [0.25, 0.3) is 0 Å². The molecule has 0 radical (unpaired) electrons. The molecular weight excluding hydrogens is 240 g/mol. The highest BCUT2D eigenvalue weighted by Gasteiger charge is 2.01. The molecule has 2 N–H and O–H groups in total. The number of rotatable bonds is 3. The third-order valence-corrected chi connectivity index (χ3v) is 2.85. The lowest BCUT2D eigenvalue weighted by atomic mass is 10.3. The Bertz CT molecular complexity index is 494. The molecule has 1 heterocycles. The van der Waals surface area contributed by atoms with Gasteiger partial charge in [0.15, 0.2) is 5.11 Å². The minimum Gasteiger partial charge on any atom is -0.362 e. The average Bonchev–Trinajstić information content (AvgIpc) is 2.73. The van der Waals surface area contributed by atoms with E-state index in [0.717, 1.165) is 29.7 Å². The molecule has 1 aromatic carbocycles. The summed E-state index contributed by atoms with van der Waals surface area (Å²) in [5.74, 6) is 0. The molecule has 16 heavy (non-hydrogen) atoms. The Hall–Kier alpha value is -1.27. The average molecular weight is 252 g/mol. The number of nitrogens with one attached hydrogen (secondary N) is 2. The Morgan fingerprint density at radius 2 is 2.19 bits per heavy atom. The Kier molecular flexibility index (Phi) is 3.63. The van der Waals surface area contributed by atoms with Gasteiger partial charge in [-0.15, -0.1) is 0 Å². The fraction of sp³-hybridized carbons (Fsp3) is 0.300. The number of aromatic nitrogens is 2. The van der Waals surface area contributed by atoms with Gasteiger partial charge in [0.1, 0.15) is 11.0 Å². The first kappa shape index (κ1) is 11.2. The highest BCUT2D eigenvalue weighted by molar-refractivity contribution is 7.80. The highest BCUT2D eigenvalue weighted by Crippen LogP contribution is 2.16. The lowest BCUT2D eigenvalue weighted by molar-refractivity contribution is 0.846. The molecule has 0 aliphatic heterocycles. The molecule has 0 aliphatic rings. The van der Waals surface area contributed by atoms with Crippen molar-refractivity contribution in [1.29, 1.82) is 0 Å². The Morgan fingerprint density at radius 1 is 1.38 bits per heavy atom. The van der Waals surface area contributed by atoms with Gasteiger partial charge in [0, 0.05) is 12.2 Å². The maximum atomic E-state index is 5.15. The molecule has 0 bridgehead atoms. The SMILES string of the molecule is CCCNC(=S)Nc1ccc2nsnc2c1. The van der Waals surface area contributed by atoms with E-state index in [-0.39, 0.29) is 0 Å². The van der Waals surface area contributed by atoms with Gasteiger partial charge >= 0.3 is 0 Å². The zero-order chi connectivity index (χ0) is 11.4. The molecule has 1 aromatic heterocycles. The highest BCUT2D eigenvalue weighted by atomic mass is 32.1. The molecular formula is C10H12N4S2. The second-order valence-corrected chi connectivity index (χ2v) is 4.29. The zero-order valence-corrected chi connectivity index (χ0v) is 10.5. The summed E-state index contributed by atoms with van der Waals surface area (Å²) in [4.78, 5) is 0. The molecule has 0 fully saturated rings. The van der Waals surface area contributed by atoms with Crippen LogP contribution in [0.4, 0.5) is 5.69 Å². The monoisotopic (exact) mass is 252 g/mol. The minimum absolute atomic E-state index is 0.643.